The summed E-state index contributed by atoms with van der Waals surface area (Å²) in [7, 11) is 0. The van der Waals surface area contributed by atoms with Crippen molar-refractivity contribution in [2.45, 2.75) is 26.3 Å². The molecule has 0 bridgehead atoms. The Labute approximate surface area is 113 Å². The highest BCUT2D eigenvalue weighted by Gasteiger charge is 2.45. The van der Waals surface area contributed by atoms with E-state index in [1.807, 2.05) is 13.8 Å². The molecule has 0 aromatic heterocycles. The zero-order valence-corrected chi connectivity index (χ0v) is 11.9. The molecular formula is C12H14BrFN2O2. The lowest BCUT2D eigenvalue weighted by Gasteiger charge is -2.21. The lowest BCUT2D eigenvalue weighted by Crippen LogP contribution is -2.41. The monoisotopic (exact) mass is 316 g/mol. The average molecular weight is 317 g/mol. The smallest absolute Gasteiger partial charge is 0.319 e. The van der Waals surface area contributed by atoms with E-state index in [0.29, 0.717) is 4.47 Å². The number of benzene rings is 1. The van der Waals surface area contributed by atoms with E-state index in [1.54, 1.807) is 0 Å². The van der Waals surface area contributed by atoms with Crippen molar-refractivity contribution < 1.29 is 14.0 Å². The third-order valence-corrected chi connectivity index (χ3v) is 3.01. The van der Waals surface area contributed by atoms with Gasteiger partial charge in [-0.15, -0.1) is 0 Å². The number of hydrogen-bond acceptors (Lipinski definition) is 2. The Hall–Kier alpha value is -1.43. The SMILES string of the molecule is CC.CC1(c2cc(Br)ccc2F)NC(=O)NC1=O. The molecule has 1 aliphatic rings. The van der Waals surface area contributed by atoms with Gasteiger partial charge in [-0.25, -0.2) is 9.18 Å². The van der Waals surface area contributed by atoms with Crippen molar-refractivity contribution in [3.63, 3.8) is 0 Å². The van der Waals surface area contributed by atoms with Crippen LogP contribution in [0.25, 0.3) is 0 Å². The summed E-state index contributed by atoms with van der Waals surface area (Å²) in [6.45, 7) is 5.46. The minimum Gasteiger partial charge on any atom is -0.319 e. The van der Waals surface area contributed by atoms with Crippen LogP contribution in [0.2, 0.25) is 0 Å². The minimum absolute atomic E-state index is 0.130. The van der Waals surface area contributed by atoms with Crippen molar-refractivity contribution in [3.05, 3.63) is 34.1 Å². The van der Waals surface area contributed by atoms with Crippen LogP contribution in [0.1, 0.15) is 26.3 Å². The Morgan fingerprint density at radius 2 is 1.89 bits per heavy atom. The lowest BCUT2D eigenvalue weighted by molar-refractivity contribution is -0.123. The molecule has 1 aliphatic heterocycles. The van der Waals surface area contributed by atoms with Crippen LogP contribution in [-0.4, -0.2) is 11.9 Å². The third-order valence-electron chi connectivity index (χ3n) is 2.51. The summed E-state index contributed by atoms with van der Waals surface area (Å²) in [5.41, 5.74) is -1.23. The molecule has 1 saturated heterocycles. The summed E-state index contributed by atoms with van der Waals surface area (Å²) in [6, 6.07) is 3.62. The normalized spacial score (nSPS) is 21.8. The minimum atomic E-state index is -1.36. The predicted molar refractivity (Wildman–Crippen MR) is 69.5 cm³/mol. The van der Waals surface area contributed by atoms with Gasteiger partial charge >= 0.3 is 6.03 Å². The number of carbonyl (C=O) groups is 2. The van der Waals surface area contributed by atoms with E-state index in [9.17, 15) is 14.0 Å². The number of carbonyl (C=O) groups excluding carboxylic acids is 2. The molecular weight excluding hydrogens is 303 g/mol. The van der Waals surface area contributed by atoms with Gasteiger partial charge in [-0.3, -0.25) is 10.1 Å². The van der Waals surface area contributed by atoms with Crippen molar-refractivity contribution in [2.24, 2.45) is 0 Å². The second-order valence-corrected chi connectivity index (χ2v) is 4.57. The number of hydrogen-bond donors (Lipinski definition) is 2. The van der Waals surface area contributed by atoms with Crippen LogP contribution < -0.4 is 10.6 Å². The molecule has 98 valence electrons. The Morgan fingerprint density at radius 3 is 2.39 bits per heavy atom. The Kier molecular flexibility index (Phi) is 4.45. The zero-order chi connectivity index (χ0) is 13.9. The van der Waals surface area contributed by atoms with Crippen LogP contribution in [0.5, 0.6) is 0 Å². The van der Waals surface area contributed by atoms with Gasteiger partial charge in [0.05, 0.1) is 0 Å². The number of amides is 3. The summed E-state index contributed by atoms with van der Waals surface area (Å²) in [6.07, 6.45) is 0. The first-order valence-electron chi connectivity index (χ1n) is 5.52. The molecule has 1 aromatic carbocycles. The maximum Gasteiger partial charge on any atom is 0.322 e. The maximum atomic E-state index is 13.6. The van der Waals surface area contributed by atoms with Gasteiger partial charge in [-0.05, 0) is 25.1 Å². The number of imide groups is 1. The zero-order valence-electron chi connectivity index (χ0n) is 10.3. The molecule has 2 N–H and O–H groups in total. The molecule has 2 rings (SSSR count). The van der Waals surface area contributed by atoms with E-state index in [4.69, 9.17) is 0 Å². The summed E-state index contributed by atoms with van der Waals surface area (Å²) in [5.74, 6) is -1.10. The van der Waals surface area contributed by atoms with Gasteiger partial charge in [0.2, 0.25) is 0 Å². The lowest BCUT2D eigenvalue weighted by atomic mass is 9.92. The van der Waals surface area contributed by atoms with Crippen LogP contribution in [0.4, 0.5) is 9.18 Å². The van der Waals surface area contributed by atoms with Crippen LogP contribution >= 0.6 is 15.9 Å². The van der Waals surface area contributed by atoms with E-state index in [2.05, 4.69) is 26.6 Å². The van der Waals surface area contributed by atoms with Crippen molar-refractivity contribution >= 4 is 27.9 Å². The number of halogens is 2. The van der Waals surface area contributed by atoms with Crippen LogP contribution in [0.3, 0.4) is 0 Å². The van der Waals surface area contributed by atoms with Crippen molar-refractivity contribution in [2.75, 3.05) is 0 Å². The first-order valence-corrected chi connectivity index (χ1v) is 6.32. The molecule has 0 spiro atoms. The molecule has 1 heterocycles. The van der Waals surface area contributed by atoms with Gasteiger partial charge in [-0.1, -0.05) is 29.8 Å². The van der Waals surface area contributed by atoms with Gasteiger partial charge < -0.3 is 5.32 Å². The molecule has 1 atom stereocenters. The Morgan fingerprint density at radius 1 is 1.28 bits per heavy atom. The summed E-state index contributed by atoms with van der Waals surface area (Å²) in [4.78, 5) is 22.7. The van der Waals surface area contributed by atoms with Gasteiger partial charge in [0, 0.05) is 10.0 Å². The summed E-state index contributed by atoms with van der Waals surface area (Å²) < 4.78 is 14.3. The molecule has 0 radical (unpaired) electrons. The van der Waals surface area contributed by atoms with Gasteiger partial charge in [0.25, 0.3) is 5.91 Å². The first-order chi connectivity index (χ1) is 8.43. The van der Waals surface area contributed by atoms with Gasteiger partial charge in [-0.2, -0.15) is 0 Å². The highest BCUT2D eigenvalue weighted by atomic mass is 79.9. The number of rotatable bonds is 1. The molecule has 18 heavy (non-hydrogen) atoms. The van der Waals surface area contributed by atoms with E-state index < -0.39 is 23.3 Å². The molecule has 1 aromatic rings. The second-order valence-electron chi connectivity index (χ2n) is 3.66. The number of nitrogens with one attached hydrogen (secondary N) is 2. The fourth-order valence-corrected chi connectivity index (χ4v) is 1.97. The Balaban J connectivity index is 0.000000771. The van der Waals surface area contributed by atoms with Crippen LogP contribution in [0.15, 0.2) is 22.7 Å². The average Bonchev–Trinajstić information content (AvgIpc) is 2.59. The fraction of sp³-hybridized carbons (Fsp3) is 0.333. The molecule has 0 saturated carbocycles. The van der Waals surface area contributed by atoms with Crippen molar-refractivity contribution in [1.29, 1.82) is 0 Å². The third kappa shape index (κ3) is 2.53. The largest absolute Gasteiger partial charge is 0.322 e. The van der Waals surface area contributed by atoms with E-state index >= 15 is 0 Å². The second kappa shape index (κ2) is 5.48. The van der Waals surface area contributed by atoms with E-state index in [0.717, 1.165) is 0 Å². The highest BCUT2D eigenvalue weighted by molar-refractivity contribution is 9.10. The molecule has 4 nitrogen and oxygen atoms in total. The van der Waals surface area contributed by atoms with E-state index in [1.165, 1.54) is 25.1 Å². The Bertz CT molecular complexity index is 493. The summed E-state index contributed by atoms with van der Waals surface area (Å²) >= 11 is 3.19. The number of urea groups is 1. The fourth-order valence-electron chi connectivity index (χ4n) is 1.61. The van der Waals surface area contributed by atoms with Crippen LogP contribution in [0, 0.1) is 5.82 Å². The van der Waals surface area contributed by atoms with Crippen molar-refractivity contribution in [1.82, 2.24) is 10.6 Å². The highest BCUT2D eigenvalue weighted by Crippen LogP contribution is 2.28. The van der Waals surface area contributed by atoms with Crippen LogP contribution in [-0.2, 0) is 10.3 Å². The van der Waals surface area contributed by atoms with E-state index in [-0.39, 0.29) is 5.56 Å². The van der Waals surface area contributed by atoms with Crippen molar-refractivity contribution in [3.8, 4) is 0 Å². The summed E-state index contributed by atoms with van der Waals surface area (Å²) in [5, 5.41) is 4.49. The topological polar surface area (TPSA) is 58.2 Å². The van der Waals surface area contributed by atoms with Gasteiger partial charge in [0.1, 0.15) is 11.4 Å². The quantitative estimate of drug-likeness (QED) is 0.783. The predicted octanol–water partition coefficient (Wildman–Crippen LogP) is 2.67. The molecule has 1 unspecified atom stereocenters. The van der Waals surface area contributed by atoms with Gasteiger partial charge in [0.15, 0.2) is 0 Å². The standard InChI is InChI=1S/C10H8BrFN2O2.C2H6/c1-10(8(15)13-9(16)14-10)6-4-5(11)2-3-7(6)12;1-2/h2-4H,1H3,(H2,13,14,15,16);1-2H3. The molecule has 6 heteroatoms. The molecule has 3 amide bonds. The first kappa shape index (κ1) is 14.6. The molecule has 0 aliphatic carbocycles. The molecule has 1 fully saturated rings. The maximum absolute atomic E-state index is 13.6.